The Bertz CT molecular complexity index is 1050. The number of piperazine rings is 1. The van der Waals surface area contributed by atoms with E-state index in [1.54, 1.807) is 6.07 Å². The summed E-state index contributed by atoms with van der Waals surface area (Å²) >= 11 is 0. The summed E-state index contributed by atoms with van der Waals surface area (Å²) in [6.07, 6.45) is 1.83. The Kier molecular flexibility index (Phi) is 9.63. The van der Waals surface area contributed by atoms with E-state index in [0.717, 1.165) is 55.7 Å². The van der Waals surface area contributed by atoms with Crippen LogP contribution in [0, 0.1) is 0 Å². The van der Waals surface area contributed by atoms with Crippen LogP contribution in [0.2, 0.25) is 0 Å². The average molecular weight is 454 g/mol. The number of rotatable bonds is 7. The second kappa shape index (κ2) is 12.2. The molecule has 3 rings (SSSR count). The molecule has 1 aliphatic rings. The lowest BCUT2D eigenvalue weighted by Crippen LogP contribution is -2.41. The number of pyridine rings is 1. The molecular weight excluding hydrogens is 426 g/mol. The Morgan fingerprint density at radius 2 is 1.81 bits per heavy atom. The van der Waals surface area contributed by atoms with E-state index in [9.17, 15) is 4.79 Å². The normalized spacial score (nSPS) is 14.4. The molecule has 0 aliphatic carbocycles. The zero-order valence-corrected chi connectivity index (χ0v) is 18.1. The molecule has 0 spiro atoms. The topological polar surface area (TPSA) is 148 Å². The number of unbranched alkanes of at least 4 members (excludes halogenated alkanes) is 1. The van der Waals surface area contributed by atoms with Gasteiger partial charge in [0.15, 0.2) is 0 Å². The molecule has 11 nitrogen and oxygen atoms in total. The summed E-state index contributed by atoms with van der Waals surface area (Å²) in [6.45, 7) is 5.25. The highest BCUT2D eigenvalue weighted by atomic mass is 32.3. The third kappa shape index (κ3) is 10.7. The summed E-state index contributed by atoms with van der Waals surface area (Å²) in [5.74, 6) is 0.763. The van der Waals surface area contributed by atoms with Gasteiger partial charge < -0.3 is 14.6 Å². The summed E-state index contributed by atoms with van der Waals surface area (Å²) in [7, 11) is -2.55. The quantitative estimate of drug-likeness (QED) is 0.323. The maximum absolute atomic E-state index is 11.4. The van der Waals surface area contributed by atoms with Gasteiger partial charge >= 0.3 is 10.4 Å². The Morgan fingerprint density at radius 1 is 1.13 bits per heavy atom. The summed E-state index contributed by atoms with van der Waals surface area (Å²) in [6, 6.07) is 11.8. The highest BCUT2D eigenvalue weighted by Crippen LogP contribution is 2.18. The van der Waals surface area contributed by atoms with Crippen LogP contribution in [0.15, 0.2) is 45.2 Å². The Hall–Kier alpha value is -2.76. The predicted octanol–water partition coefficient (Wildman–Crippen LogP) is 1.37. The molecule has 31 heavy (non-hydrogen) atoms. The number of fused-ring (bicyclic) bond motifs is 1. The lowest BCUT2D eigenvalue weighted by atomic mass is 10.2. The molecule has 0 atom stereocenters. The summed E-state index contributed by atoms with van der Waals surface area (Å²) in [4.78, 5) is 20.7. The standard InChI is InChI=1S/C19H25N5O2.H2O4S/c1-23-9-11-24(12-10-23)21-15-20-8-2-3-13-26-17-6-4-16-5-7-19(25)22-18(16)14-17;1-5(2,3)4/h4-7,14H,2-3,8-13H2,1H3,(H,22,25);(H2,1,2,3,4). The molecular formula is C19H27N5O6S. The van der Waals surface area contributed by atoms with Crippen LogP contribution in [0.25, 0.3) is 10.9 Å². The molecule has 2 aromatic rings. The number of ether oxygens (including phenoxy) is 1. The molecule has 12 heteroatoms. The van der Waals surface area contributed by atoms with Gasteiger partial charge in [0.1, 0.15) is 11.8 Å². The van der Waals surface area contributed by atoms with Crippen molar-refractivity contribution < 1.29 is 22.3 Å². The number of aromatic nitrogens is 1. The SMILES string of the molecule is CN1CCN(N=C=NCCCCOc2ccc3ccc(=O)[nH]c3c2)CC1.O=S(=O)(O)O. The number of nitrogens with zero attached hydrogens (tertiary/aromatic N) is 4. The van der Waals surface area contributed by atoms with Crippen molar-refractivity contribution in [2.75, 3.05) is 46.4 Å². The second-order valence-electron chi connectivity index (χ2n) is 6.91. The number of hydrogen-bond acceptors (Lipinski definition) is 8. The van der Waals surface area contributed by atoms with Gasteiger partial charge in [0.25, 0.3) is 0 Å². The van der Waals surface area contributed by atoms with Gasteiger partial charge in [0.2, 0.25) is 5.56 Å². The first-order chi connectivity index (χ1) is 14.7. The smallest absolute Gasteiger partial charge is 0.394 e. The van der Waals surface area contributed by atoms with E-state index in [1.807, 2.05) is 23.2 Å². The van der Waals surface area contributed by atoms with E-state index in [4.69, 9.17) is 22.3 Å². The fourth-order valence-corrected chi connectivity index (χ4v) is 2.74. The first-order valence-electron chi connectivity index (χ1n) is 9.72. The number of nitrogens with one attached hydrogen (secondary N) is 1. The van der Waals surface area contributed by atoms with E-state index >= 15 is 0 Å². The Balaban J connectivity index is 0.000000614. The average Bonchev–Trinajstić information content (AvgIpc) is 2.70. The van der Waals surface area contributed by atoms with Crippen molar-refractivity contribution >= 4 is 27.3 Å². The van der Waals surface area contributed by atoms with Crippen LogP contribution in [0.3, 0.4) is 0 Å². The summed E-state index contributed by atoms with van der Waals surface area (Å²) in [5, 5.41) is 7.25. The lowest BCUT2D eigenvalue weighted by Gasteiger charge is -2.29. The zero-order valence-electron chi connectivity index (χ0n) is 17.3. The largest absolute Gasteiger partial charge is 0.494 e. The number of aliphatic imine (C=N–C) groups is 1. The minimum atomic E-state index is -4.67. The van der Waals surface area contributed by atoms with Crippen molar-refractivity contribution in [3.05, 3.63) is 40.7 Å². The molecule has 0 saturated carbocycles. The van der Waals surface area contributed by atoms with Crippen LogP contribution in [0.1, 0.15) is 12.8 Å². The number of H-pyrrole nitrogens is 1. The molecule has 3 N–H and O–H groups in total. The molecule has 1 aliphatic heterocycles. The fraction of sp³-hybridized carbons (Fsp3) is 0.474. The van der Waals surface area contributed by atoms with Crippen LogP contribution < -0.4 is 10.3 Å². The van der Waals surface area contributed by atoms with Crippen molar-refractivity contribution in [3.8, 4) is 5.75 Å². The monoisotopic (exact) mass is 453 g/mol. The van der Waals surface area contributed by atoms with Crippen molar-refractivity contribution in [3.63, 3.8) is 0 Å². The first kappa shape index (κ1) is 24.5. The first-order valence-corrected chi connectivity index (χ1v) is 11.1. The molecule has 1 saturated heterocycles. The third-order valence-electron chi connectivity index (χ3n) is 4.37. The highest BCUT2D eigenvalue weighted by Gasteiger charge is 2.10. The number of aromatic amines is 1. The molecule has 170 valence electrons. The Morgan fingerprint density at radius 3 is 2.52 bits per heavy atom. The van der Waals surface area contributed by atoms with E-state index < -0.39 is 10.4 Å². The minimum absolute atomic E-state index is 0.106. The summed E-state index contributed by atoms with van der Waals surface area (Å²) < 4.78 is 37.3. The van der Waals surface area contributed by atoms with Crippen LogP contribution in [-0.4, -0.2) is 84.8 Å². The van der Waals surface area contributed by atoms with E-state index in [2.05, 4.69) is 33.0 Å². The Labute approximate surface area is 180 Å². The molecule has 0 radical (unpaired) electrons. The predicted molar refractivity (Wildman–Crippen MR) is 117 cm³/mol. The van der Waals surface area contributed by atoms with Crippen molar-refractivity contribution in [1.82, 2.24) is 14.9 Å². The van der Waals surface area contributed by atoms with Crippen LogP contribution in [-0.2, 0) is 10.4 Å². The van der Waals surface area contributed by atoms with Gasteiger partial charge in [-0.1, -0.05) is 0 Å². The van der Waals surface area contributed by atoms with Crippen molar-refractivity contribution in [1.29, 1.82) is 0 Å². The van der Waals surface area contributed by atoms with Crippen molar-refractivity contribution in [2.45, 2.75) is 12.8 Å². The third-order valence-corrected chi connectivity index (χ3v) is 4.37. The van der Waals surface area contributed by atoms with Crippen LogP contribution in [0.4, 0.5) is 0 Å². The maximum Gasteiger partial charge on any atom is 0.394 e. The summed E-state index contributed by atoms with van der Waals surface area (Å²) in [5.41, 5.74) is 0.686. The number of likely N-dealkylation sites (N-methyl/N-ethyl adjacent to an activating group) is 1. The second-order valence-corrected chi connectivity index (χ2v) is 7.81. The zero-order chi connectivity index (χ0) is 22.7. The van der Waals surface area contributed by atoms with E-state index in [0.29, 0.717) is 13.2 Å². The van der Waals surface area contributed by atoms with Crippen molar-refractivity contribution in [2.24, 2.45) is 10.1 Å². The van der Waals surface area contributed by atoms with Gasteiger partial charge in [0.05, 0.1) is 18.7 Å². The van der Waals surface area contributed by atoms with Gasteiger partial charge in [0, 0.05) is 38.3 Å². The number of hydrogen-bond donors (Lipinski definition) is 3. The van der Waals surface area contributed by atoms with Crippen LogP contribution >= 0.6 is 0 Å². The van der Waals surface area contributed by atoms with E-state index in [1.165, 1.54) is 6.07 Å². The van der Waals surface area contributed by atoms with Gasteiger partial charge in [-0.3, -0.25) is 18.9 Å². The van der Waals surface area contributed by atoms with Gasteiger partial charge in [-0.05, 0) is 43.5 Å². The van der Waals surface area contributed by atoms with Gasteiger partial charge in [-0.25, -0.2) is 4.99 Å². The molecule has 2 heterocycles. The molecule has 1 aromatic heterocycles. The lowest BCUT2D eigenvalue weighted by molar-refractivity contribution is 0.160. The van der Waals surface area contributed by atoms with Gasteiger partial charge in [-0.2, -0.15) is 8.42 Å². The molecule has 0 amide bonds. The minimum Gasteiger partial charge on any atom is -0.494 e. The van der Waals surface area contributed by atoms with E-state index in [-0.39, 0.29) is 5.56 Å². The highest BCUT2D eigenvalue weighted by molar-refractivity contribution is 7.79. The number of benzene rings is 1. The molecule has 0 bridgehead atoms. The molecule has 0 unspecified atom stereocenters. The van der Waals surface area contributed by atoms with Crippen LogP contribution in [0.5, 0.6) is 5.75 Å². The molecule has 1 fully saturated rings. The van der Waals surface area contributed by atoms with Gasteiger partial charge in [-0.15, -0.1) is 5.10 Å². The molecule has 1 aromatic carbocycles. The number of hydrazone groups is 1. The maximum atomic E-state index is 11.4. The fourth-order valence-electron chi connectivity index (χ4n) is 2.74.